The number of amidine groups is 1. The first-order valence-corrected chi connectivity index (χ1v) is 7.15. The van der Waals surface area contributed by atoms with Crippen molar-refractivity contribution >= 4 is 23.3 Å². The molecule has 2 N–H and O–H groups in total. The molecule has 0 saturated heterocycles. The van der Waals surface area contributed by atoms with E-state index < -0.39 is 0 Å². The molecule has 0 atom stereocenters. The van der Waals surface area contributed by atoms with Crippen molar-refractivity contribution < 1.29 is 0 Å². The van der Waals surface area contributed by atoms with Gasteiger partial charge >= 0.3 is 0 Å². The van der Waals surface area contributed by atoms with Gasteiger partial charge in [0.1, 0.15) is 5.84 Å². The van der Waals surface area contributed by atoms with Crippen LogP contribution in [0.3, 0.4) is 0 Å². The molecule has 2 aromatic rings. The Balaban J connectivity index is 2.08. The summed E-state index contributed by atoms with van der Waals surface area (Å²) in [7, 11) is 0. The molecule has 0 fully saturated rings. The van der Waals surface area contributed by atoms with E-state index in [1.54, 1.807) is 11.8 Å². The highest BCUT2D eigenvalue weighted by Crippen LogP contribution is 2.37. The molecule has 1 aliphatic heterocycles. The van der Waals surface area contributed by atoms with E-state index in [4.69, 9.17) is 5.73 Å². The monoisotopic (exact) mass is 269 g/mol. The largest absolute Gasteiger partial charge is 0.386 e. The Bertz CT molecular complexity index is 677. The number of aliphatic imine (C=N–C) groups is 1. The first-order valence-electron chi connectivity index (χ1n) is 6.17. The minimum atomic E-state index is 0.693. The number of rotatable bonds is 1. The average molecular weight is 269 g/mol. The molecule has 0 aliphatic carbocycles. The van der Waals surface area contributed by atoms with Crippen LogP contribution in [0.2, 0.25) is 0 Å². The molecule has 3 nitrogen and oxygen atoms in total. The molecule has 4 heteroatoms. The fourth-order valence-electron chi connectivity index (χ4n) is 2.23. The summed E-state index contributed by atoms with van der Waals surface area (Å²) in [5.41, 5.74) is 11.4. The van der Waals surface area contributed by atoms with Crippen LogP contribution in [-0.2, 0) is 0 Å². The summed E-state index contributed by atoms with van der Waals surface area (Å²) in [5.74, 6) is 1.46. The normalized spacial score (nSPS) is 13.9. The minimum absolute atomic E-state index is 0.693. The lowest BCUT2D eigenvalue weighted by Crippen LogP contribution is -2.16. The molecular weight excluding hydrogens is 254 g/mol. The van der Waals surface area contributed by atoms with Gasteiger partial charge < -0.3 is 5.73 Å². The Morgan fingerprint density at radius 2 is 2.05 bits per heavy atom. The summed E-state index contributed by atoms with van der Waals surface area (Å²) < 4.78 is 0. The molecule has 1 aromatic carbocycles. The van der Waals surface area contributed by atoms with Crippen molar-refractivity contribution in [2.45, 2.75) is 18.7 Å². The van der Waals surface area contributed by atoms with Crippen LogP contribution in [0.5, 0.6) is 0 Å². The highest BCUT2D eigenvalue weighted by atomic mass is 32.2. The number of nitrogens with zero attached hydrogens (tertiary/aromatic N) is 2. The van der Waals surface area contributed by atoms with E-state index in [2.05, 4.69) is 35.1 Å². The quantitative estimate of drug-likeness (QED) is 0.862. The number of aryl methyl sites for hydroxylation is 2. The molecule has 1 aliphatic rings. The SMILES string of the molecule is Cc1cc(C)c(-c2ccc3c(c2)SCC(N)=N3)cn1. The lowest BCUT2D eigenvalue weighted by Gasteiger charge is -2.14. The zero-order valence-corrected chi connectivity index (χ0v) is 11.8. The molecule has 0 bridgehead atoms. The Morgan fingerprint density at radius 3 is 2.84 bits per heavy atom. The molecule has 96 valence electrons. The van der Waals surface area contributed by atoms with Crippen LogP contribution in [-0.4, -0.2) is 16.6 Å². The number of aromatic nitrogens is 1. The second kappa shape index (κ2) is 4.70. The Morgan fingerprint density at radius 1 is 1.21 bits per heavy atom. The van der Waals surface area contributed by atoms with Gasteiger partial charge in [0.2, 0.25) is 0 Å². The lowest BCUT2D eigenvalue weighted by atomic mass is 10.0. The predicted molar refractivity (Wildman–Crippen MR) is 81.2 cm³/mol. The fourth-order valence-corrected chi connectivity index (χ4v) is 3.07. The molecule has 0 saturated carbocycles. The van der Waals surface area contributed by atoms with Crippen LogP contribution in [0.25, 0.3) is 11.1 Å². The molecule has 2 heterocycles. The number of benzene rings is 1. The lowest BCUT2D eigenvalue weighted by molar-refractivity contribution is 1.18. The third-order valence-corrected chi connectivity index (χ3v) is 4.24. The summed E-state index contributed by atoms with van der Waals surface area (Å²) in [6.45, 7) is 4.13. The molecular formula is C15H15N3S. The van der Waals surface area contributed by atoms with Gasteiger partial charge in [-0.1, -0.05) is 6.07 Å². The minimum Gasteiger partial charge on any atom is -0.386 e. The number of nitrogens with two attached hydrogens (primary N) is 1. The van der Waals surface area contributed by atoms with Gasteiger partial charge in [-0.15, -0.1) is 11.8 Å². The summed E-state index contributed by atoms with van der Waals surface area (Å²) in [5, 5.41) is 0. The van der Waals surface area contributed by atoms with E-state index in [0.717, 1.165) is 17.1 Å². The van der Waals surface area contributed by atoms with Gasteiger partial charge in [0.05, 0.1) is 11.4 Å². The fraction of sp³-hybridized carbons (Fsp3) is 0.200. The number of thioether (sulfide) groups is 1. The first-order chi connectivity index (χ1) is 9.13. The van der Waals surface area contributed by atoms with E-state index in [1.807, 2.05) is 19.2 Å². The van der Waals surface area contributed by atoms with E-state index >= 15 is 0 Å². The molecule has 0 unspecified atom stereocenters. The molecule has 1 aromatic heterocycles. The van der Waals surface area contributed by atoms with Crippen molar-refractivity contribution in [1.29, 1.82) is 0 Å². The zero-order valence-electron chi connectivity index (χ0n) is 11.0. The Hall–Kier alpha value is -1.81. The summed E-state index contributed by atoms with van der Waals surface area (Å²) in [6.07, 6.45) is 1.94. The van der Waals surface area contributed by atoms with E-state index in [0.29, 0.717) is 5.84 Å². The number of hydrogen-bond acceptors (Lipinski definition) is 4. The van der Waals surface area contributed by atoms with Crippen LogP contribution < -0.4 is 5.73 Å². The van der Waals surface area contributed by atoms with Gasteiger partial charge in [0, 0.05) is 22.3 Å². The third kappa shape index (κ3) is 2.36. The van der Waals surface area contributed by atoms with Gasteiger partial charge in [-0.25, -0.2) is 4.99 Å². The predicted octanol–water partition coefficient (Wildman–Crippen LogP) is 3.46. The smallest absolute Gasteiger partial charge is 0.110 e. The first kappa shape index (κ1) is 12.2. The van der Waals surface area contributed by atoms with Crippen LogP contribution in [0, 0.1) is 13.8 Å². The van der Waals surface area contributed by atoms with Crippen molar-refractivity contribution in [2.24, 2.45) is 10.7 Å². The van der Waals surface area contributed by atoms with E-state index in [1.165, 1.54) is 21.6 Å². The Kier molecular flexibility index (Phi) is 3.03. The topological polar surface area (TPSA) is 51.3 Å². The van der Waals surface area contributed by atoms with Crippen molar-refractivity contribution in [3.8, 4) is 11.1 Å². The third-order valence-electron chi connectivity index (χ3n) is 3.16. The van der Waals surface area contributed by atoms with E-state index in [-0.39, 0.29) is 0 Å². The van der Waals surface area contributed by atoms with Gasteiger partial charge in [-0.05, 0) is 43.2 Å². The molecule has 3 rings (SSSR count). The Labute approximate surface area is 117 Å². The highest BCUT2D eigenvalue weighted by Gasteiger charge is 2.12. The molecule has 19 heavy (non-hydrogen) atoms. The summed E-state index contributed by atoms with van der Waals surface area (Å²) in [4.78, 5) is 9.95. The average Bonchev–Trinajstić information content (AvgIpc) is 2.38. The summed E-state index contributed by atoms with van der Waals surface area (Å²) >= 11 is 1.74. The second-order valence-electron chi connectivity index (χ2n) is 4.71. The zero-order chi connectivity index (χ0) is 13.4. The van der Waals surface area contributed by atoms with Crippen LogP contribution in [0.1, 0.15) is 11.3 Å². The highest BCUT2D eigenvalue weighted by molar-refractivity contribution is 8.00. The van der Waals surface area contributed by atoms with Crippen molar-refractivity contribution in [3.63, 3.8) is 0 Å². The maximum Gasteiger partial charge on any atom is 0.110 e. The van der Waals surface area contributed by atoms with Crippen molar-refractivity contribution in [3.05, 3.63) is 41.7 Å². The van der Waals surface area contributed by atoms with Crippen LogP contribution >= 0.6 is 11.8 Å². The van der Waals surface area contributed by atoms with Crippen LogP contribution in [0.4, 0.5) is 5.69 Å². The van der Waals surface area contributed by atoms with E-state index in [9.17, 15) is 0 Å². The van der Waals surface area contributed by atoms with Gasteiger partial charge in [0.25, 0.3) is 0 Å². The van der Waals surface area contributed by atoms with Crippen molar-refractivity contribution in [2.75, 3.05) is 5.75 Å². The van der Waals surface area contributed by atoms with Crippen LogP contribution in [0.15, 0.2) is 40.4 Å². The molecule has 0 amide bonds. The number of hydrogen-bond donors (Lipinski definition) is 1. The standard InChI is InChI=1S/C15H15N3S/c1-9-5-10(2)17-7-12(9)11-3-4-13-14(6-11)19-8-15(16)18-13/h3-7H,8H2,1-2H3,(H2,16,18). The number of pyridine rings is 1. The summed E-state index contributed by atoms with van der Waals surface area (Å²) in [6, 6.07) is 8.40. The molecule has 0 spiro atoms. The van der Waals surface area contributed by atoms with Gasteiger partial charge in [0.15, 0.2) is 0 Å². The molecule has 0 radical (unpaired) electrons. The van der Waals surface area contributed by atoms with Gasteiger partial charge in [-0.2, -0.15) is 0 Å². The van der Waals surface area contributed by atoms with Gasteiger partial charge in [-0.3, -0.25) is 4.98 Å². The number of fused-ring (bicyclic) bond motifs is 1. The van der Waals surface area contributed by atoms with Crippen molar-refractivity contribution in [1.82, 2.24) is 4.98 Å². The maximum absolute atomic E-state index is 5.76. The maximum atomic E-state index is 5.76. The second-order valence-corrected chi connectivity index (χ2v) is 5.73.